The van der Waals surface area contributed by atoms with Gasteiger partial charge in [0.25, 0.3) is 0 Å². The Morgan fingerprint density at radius 3 is 1.47 bits per heavy atom. The number of hydrogen-bond acceptors (Lipinski definition) is 3. The van der Waals surface area contributed by atoms with Gasteiger partial charge in [-0.15, -0.1) is 0 Å². The van der Waals surface area contributed by atoms with Gasteiger partial charge in [-0.1, -0.05) is 0 Å². The fourth-order valence-electron chi connectivity index (χ4n) is 0.954. The Morgan fingerprint density at radius 1 is 0.867 bits per heavy atom. The summed E-state index contributed by atoms with van der Waals surface area (Å²) >= 11 is 0. The van der Waals surface area contributed by atoms with Gasteiger partial charge in [0.1, 0.15) is 0 Å². The fraction of sp³-hybridized carbons (Fsp3) is 0. The Labute approximate surface area is 84.9 Å². The van der Waals surface area contributed by atoms with E-state index in [0.717, 1.165) is 18.2 Å². The lowest BCUT2D eigenvalue weighted by Crippen LogP contribution is -2.15. The van der Waals surface area contributed by atoms with Gasteiger partial charge < -0.3 is 25.3 Å². The molecule has 84 valence electrons. The second-order valence-electron chi connectivity index (χ2n) is 2.87. The number of nitrogens with two attached hydrogens (primary N) is 1. The Bertz CT molecular complexity index is 434. The lowest BCUT2D eigenvalue weighted by Gasteiger charge is -2.09. The molecule has 0 fully saturated rings. The molecule has 0 heterocycles. The maximum atomic E-state index is 10.9. The van der Waals surface area contributed by atoms with Crippen LogP contribution in [-0.2, 0) is 9.13 Å². The second-order valence-corrected chi connectivity index (χ2v) is 6.08. The third-order valence-electron chi connectivity index (χ3n) is 1.60. The van der Waals surface area contributed by atoms with Crippen LogP contribution in [0, 0.1) is 0 Å². The smallest absolute Gasteiger partial charge is 0.356 e. The Balaban J connectivity index is 3.43. The van der Waals surface area contributed by atoms with Crippen LogP contribution in [0.4, 0.5) is 5.69 Å². The van der Waals surface area contributed by atoms with Crippen LogP contribution < -0.4 is 16.3 Å². The minimum Gasteiger partial charge on any atom is -0.399 e. The summed E-state index contributed by atoms with van der Waals surface area (Å²) in [7, 11) is -9.13. The first kappa shape index (κ1) is 12.4. The topological polar surface area (TPSA) is 141 Å². The molecule has 0 saturated carbocycles. The zero-order valence-corrected chi connectivity index (χ0v) is 9.10. The highest BCUT2D eigenvalue weighted by molar-refractivity contribution is 7.61. The zero-order valence-electron chi connectivity index (χ0n) is 7.31. The van der Waals surface area contributed by atoms with Crippen molar-refractivity contribution in [2.75, 3.05) is 5.73 Å². The van der Waals surface area contributed by atoms with Gasteiger partial charge in [0.05, 0.1) is 10.6 Å². The van der Waals surface area contributed by atoms with Gasteiger partial charge in [-0.2, -0.15) is 0 Å². The van der Waals surface area contributed by atoms with Crippen molar-refractivity contribution in [3.63, 3.8) is 0 Å². The highest BCUT2D eigenvalue weighted by Crippen LogP contribution is 2.37. The lowest BCUT2D eigenvalue weighted by atomic mass is 10.3. The van der Waals surface area contributed by atoms with E-state index in [-0.39, 0.29) is 5.69 Å². The van der Waals surface area contributed by atoms with Crippen LogP contribution in [0.25, 0.3) is 0 Å². The molecule has 0 bridgehead atoms. The van der Waals surface area contributed by atoms with Crippen LogP contribution >= 0.6 is 15.2 Å². The largest absolute Gasteiger partial charge is 0.399 e. The van der Waals surface area contributed by atoms with E-state index in [2.05, 4.69) is 0 Å². The summed E-state index contributed by atoms with van der Waals surface area (Å²) in [5, 5.41) is -1.03. The molecule has 0 aliphatic rings. The molecule has 0 amide bonds. The highest BCUT2D eigenvalue weighted by Gasteiger charge is 2.24. The molecule has 0 aliphatic heterocycles. The highest BCUT2D eigenvalue weighted by atomic mass is 31.2. The summed E-state index contributed by atoms with van der Waals surface area (Å²) in [6, 6.07) is 2.69. The second kappa shape index (κ2) is 3.72. The molecule has 15 heavy (non-hydrogen) atoms. The van der Waals surface area contributed by atoms with E-state index < -0.39 is 25.8 Å². The first-order valence-electron chi connectivity index (χ1n) is 3.63. The summed E-state index contributed by atoms with van der Waals surface area (Å²) < 4.78 is 21.7. The Morgan fingerprint density at radius 2 is 1.20 bits per heavy atom. The number of nitrogen functional groups attached to an aromatic ring is 1. The van der Waals surface area contributed by atoms with Gasteiger partial charge in [0.2, 0.25) is 0 Å². The fourth-order valence-corrected chi connectivity index (χ4v) is 2.31. The molecule has 0 spiro atoms. The molecular weight excluding hydrogens is 244 g/mol. The molecule has 1 aromatic carbocycles. The monoisotopic (exact) mass is 253 g/mol. The van der Waals surface area contributed by atoms with Crippen molar-refractivity contribution in [1.29, 1.82) is 0 Å². The number of anilines is 1. The Hall–Kier alpha value is -0.680. The first-order valence-corrected chi connectivity index (χ1v) is 6.86. The van der Waals surface area contributed by atoms with E-state index in [9.17, 15) is 9.13 Å². The molecule has 0 saturated heterocycles. The molecule has 1 rings (SSSR count). The molecule has 0 unspecified atom stereocenters. The molecule has 0 atom stereocenters. The van der Waals surface area contributed by atoms with Crippen LogP contribution in [0.3, 0.4) is 0 Å². The molecule has 7 nitrogen and oxygen atoms in total. The van der Waals surface area contributed by atoms with Gasteiger partial charge in [-0.3, -0.25) is 9.13 Å². The van der Waals surface area contributed by atoms with Crippen molar-refractivity contribution in [3.05, 3.63) is 18.2 Å². The van der Waals surface area contributed by atoms with Gasteiger partial charge in [-0.05, 0) is 18.2 Å². The predicted molar refractivity (Wildman–Crippen MR) is 54.2 cm³/mol. The molecule has 0 aromatic heterocycles. The molecule has 0 radical (unpaired) electrons. The van der Waals surface area contributed by atoms with E-state index in [0.29, 0.717) is 0 Å². The lowest BCUT2D eigenvalue weighted by molar-refractivity contribution is 0.386. The minimum atomic E-state index is -4.56. The molecule has 6 N–H and O–H groups in total. The van der Waals surface area contributed by atoms with Crippen molar-refractivity contribution >= 4 is 31.5 Å². The minimum absolute atomic E-state index is 0.117. The van der Waals surface area contributed by atoms with E-state index >= 15 is 0 Å². The Kier molecular flexibility index (Phi) is 3.07. The van der Waals surface area contributed by atoms with Crippen molar-refractivity contribution < 1.29 is 28.7 Å². The van der Waals surface area contributed by atoms with Gasteiger partial charge in [0.15, 0.2) is 0 Å². The first-order chi connectivity index (χ1) is 6.60. The number of hydrogen-bond donors (Lipinski definition) is 5. The SMILES string of the molecule is Nc1cc(P(=O)(O)O)cc(P(=O)(O)O)c1. The van der Waals surface area contributed by atoms with Crippen LogP contribution in [0.2, 0.25) is 0 Å². The van der Waals surface area contributed by atoms with Gasteiger partial charge in [-0.25, -0.2) is 0 Å². The number of rotatable bonds is 2. The summed E-state index contributed by atoms with van der Waals surface area (Å²) in [5.41, 5.74) is 5.15. The summed E-state index contributed by atoms with van der Waals surface area (Å²) in [5.74, 6) is 0. The van der Waals surface area contributed by atoms with Crippen LogP contribution in [-0.4, -0.2) is 19.6 Å². The molecule has 9 heteroatoms. The van der Waals surface area contributed by atoms with Crippen LogP contribution in [0.5, 0.6) is 0 Å². The summed E-state index contributed by atoms with van der Waals surface area (Å²) in [6.45, 7) is 0. The molecule has 1 aromatic rings. The average molecular weight is 253 g/mol. The van der Waals surface area contributed by atoms with Gasteiger partial charge >= 0.3 is 15.2 Å². The third kappa shape index (κ3) is 3.14. The third-order valence-corrected chi connectivity index (χ3v) is 3.46. The van der Waals surface area contributed by atoms with E-state index in [1.807, 2.05) is 0 Å². The maximum Gasteiger partial charge on any atom is 0.356 e. The summed E-state index contributed by atoms with van der Waals surface area (Å²) in [6.07, 6.45) is 0. The maximum absolute atomic E-state index is 10.9. The standard InChI is InChI=1S/C6H9NO6P2/c7-4-1-5(14(8,9)10)3-6(2-4)15(11,12)13/h1-3H,7H2,(H2,8,9,10)(H2,11,12,13). The predicted octanol–water partition coefficient (Wildman–Crippen LogP) is -1.13. The van der Waals surface area contributed by atoms with Crippen LogP contribution in [0.15, 0.2) is 18.2 Å². The average Bonchev–Trinajstić information content (AvgIpc) is 1.99. The van der Waals surface area contributed by atoms with Crippen molar-refractivity contribution in [2.24, 2.45) is 0 Å². The quantitative estimate of drug-likeness (QED) is 0.332. The normalized spacial score (nSPS) is 12.8. The molecule has 0 aliphatic carbocycles. The van der Waals surface area contributed by atoms with Crippen LogP contribution in [0.1, 0.15) is 0 Å². The van der Waals surface area contributed by atoms with Gasteiger partial charge in [0, 0.05) is 5.69 Å². The van der Waals surface area contributed by atoms with E-state index in [1.54, 1.807) is 0 Å². The van der Waals surface area contributed by atoms with Crippen molar-refractivity contribution in [2.45, 2.75) is 0 Å². The summed E-state index contributed by atoms with van der Waals surface area (Å²) in [4.78, 5) is 35.2. The number of benzene rings is 1. The van der Waals surface area contributed by atoms with E-state index in [4.69, 9.17) is 25.3 Å². The van der Waals surface area contributed by atoms with Crippen molar-refractivity contribution in [1.82, 2.24) is 0 Å². The van der Waals surface area contributed by atoms with E-state index in [1.165, 1.54) is 0 Å². The van der Waals surface area contributed by atoms with Crippen molar-refractivity contribution in [3.8, 4) is 0 Å². The molecular formula is C6H9NO6P2. The zero-order chi connectivity index (χ0) is 11.9.